The quantitative estimate of drug-likeness (QED) is 0.161. The molecule has 0 aliphatic rings. The third kappa shape index (κ3) is 6.93. The number of hydrogen-bond acceptors (Lipinski definition) is 4. The molecule has 11 rings (SSSR count). The van der Waals surface area contributed by atoms with Gasteiger partial charge in [-0.1, -0.05) is 144 Å². The van der Waals surface area contributed by atoms with Gasteiger partial charge in [0.2, 0.25) is 0 Å². The van der Waals surface area contributed by atoms with Crippen molar-refractivity contribution in [2.75, 3.05) is 0 Å². The van der Waals surface area contributed by atoms with E-state index in [2.05, 4.69) is 41.4 Å². The minimum absolute atomic E-state index is 0. The first-order valence-corrected chi connectivity index (χ1v) is 18.3. The number of para-hydroxylation sites is 1. The fraction of sp³-hybridized carbons (Fsp3) is 0.0385. The Balaban J connectivity index is 0.000000175. The summed E-state index contributed by atoms with van der Waals surface area (Å²) in [5.41, 5.74) is 9.02. The summed E-state index contributed by atoms with van der Waals surface area (Å²) in [4.78, 5) is 9.08. The first kappa shape index (κ1) is 30.6. The third-order valence-electron chi connectivity index (χ3n) is 9.97. The number of furan rings is 2. The zero-order valence-corrected chi connectivity index (χ0v) is 32.7. The van der Waals surface area contributed by atoms with Gasteiger partial charge in [0.1, 0.15) is 11.2 Å². The molecular formula is C52H34IrN2O2-2. The molecule has 0 saturated heterocycles. The molecule has 4 nitrogen and oxygen atoms in total. The van der Waals surface area contributed by atoms with Crippen molar-refractivity contribution in [2.24, 2.45) is 0 Å². The Kier molecular flexibility index (Phi) is 8.29. The van der Waals surface area contributed by atoms with Gasteiger partial charge in [0.25, 0.3) is 0 Å². The van der Waals surface area contributed by atoms with E-state index in [4.69, 9.17) is 17.9 Å². The average Bonchev–Trinajstić information content (AvgIpc) is 3.88. The summed E-state index contributed by atoms with van der Waals surface area (Å²) in [7, 11) is 0. The first-order chi connectivity index (χ1) is 29.6. The summed E-state index contributed by atoms with van der Waals surface area (Å²) in [5, 5.41) is 6.38. The Labute approximate surface area is 350 Å². The summed E-state index contributed by atoms with van der Waals surface area (Å²) in [6.45, 7) is -2.15. The molecule has 0 N–H and O–H groups in total. The molecule has 275 valence electrons. The number of fused-ring (bicyclic) bond motifs is 8. The predicted octanol–water partition coefficient (Wildman–Crippen LogP) is 13.6. The van der Waals surface area contributed by atoms with E-state index < -0.39 is 13.2 Å². The van der Waals surface area contributed by atoms with E-state index >= 15 is 0 Å². The molecule has 1 radical (unpaired) electrons. The molecule has 0 amide bonds. The third-order valence-corrected chi connectivity index (χ3v) is 9.97. The standard InChI is InChI=1S/C34H22NO.C18H12NO.Ir/c1-3-9-23(10-4-1)19-27-21-31(35-22-30(27)24-11-5-2-6-12-24)26-16-17-32-29(20-26)34-28-14-8-7-13-25(28)15-18-33(34)36-32;1-12-9-10-16(19-11-12)15-7-4-6-14-13-5-2-3-8-17(13)20-18(14)15;/h1-15,17-18,20-22H,19H2;2-6,8-11H,1H3;/q2*-1;/i19D2;1D3;. The molecule has 0 spiro atoms. The van der Waals surface area contributed by atoms with Gasteiger partial charge in [-0.2, -0.15) is 0 Å². The largest absolute Gasteiger partial charge is 0.501 e. The van der Waals surface area contributed by atoms with Crippen molar-refractivity contribution >= 4 is 54.6 Å². The number of hydrogen-bond donors (Lipinski definition) is 0. The summed E-state index contributed by atoms with van der Waals surface area (Å²) in [6.07, 6.45) is 1.44. The molecule has 0 fully saturated rings. The number of nitrogens with zero attached hydrogens (tertiary/aromatic N) is 2. The molecule has 0 aliphatic heterocycles. The van der Waals surface area contributed by atoms with E-state index in [1.54, 1.807) is 18.3 Å². The second-order valence-corrected chi connectivity index (χ2v) is 13.5. The van der Waals surface area contributed by atoms with Gasteiger partial charge in [-0.15, -0.1) is 42.0 Å². The van der Waals surface area contributed by atoms with E-state index in [0.29, 0.717) is 28.1 Å². The molecule has 0 bridgehead atoms. The topological polar surface area (TPSA) is 52.1 Å². The Morgan fingerprint density at radius 2 is 1.39 bits per heavy atom. The summed E-state index contributed by atoms with van der Waals surface area (Å²) in [6, 6.07) is 58.7. The van der Waals surface area contributed by atoms with Gasteiger partial charge >= 0.3 is 0 Å². The van der Waals surface area contributed by atoms with Crippen LogP contribution in [0.15, 0.2) is 185 Å². The first-order valence-electron chi connectivity index (χ1n) is 20.8. The minimum Gasteiger partial charge on any atom is -0.501 e. The van der Waals surface area contributed by atoms with Gasteiger partial charge in [-0.3, -0.25) is 0 Å². The van der Waals surface area contributed by atoms with Crippen LogP contribution in [-0.4, -0.2) is 9.97 Å². The Bertz CT molecular complexity index is 3380. The fourth-order valence-corrected chi connectivity index (χ4v) is 7.29. The fourth-order valence-electron chi connectivity index (χ4n) is 7.29. The molecule has 4 aromatic heterocycles. The average molecular weight is 916 g/mol. The second-order valence-electron chi connectivity index (χ2n) is 13.5. The molecule has 0 atom stereocenters. The van der Waals surface area contributed by atoms with Gasteiger partial charge in [0, 0.05) is 55.7 Å². The number of pyridine rings is 2. The summed E-state index contributed by atoms with van der Waals surface area (Å²) < 4.78 is 52.7. The summed E-state index contributed by atoms with van der Waals surface area (Å²) >= 11 is 0. The van der Waals surface area contributed by atoms with Gasteiger partial charge < -0.3 is 18.8 Å². The Morgan fingerprint density at radius 1 is 0.614 bits per heavy atom. The van der Waals surface area contributed by atoms with E-state index in [-0.39, 0.29) is 25.7 Å². The van der Waals surface area contributed by atoms with Gasteiger partial charge in [-0.05, 0) is 69.8 Å². The number of rotatable bonds is 5. The molecule has 7 aromatic carbocycles. The molecule has 5 heteroatoms. The van der Waals surface area contributed by atoms with Crippen LogP contribution in [0.1, 0.15) is 23.5 Å². The Hall–Kier alpha value is -6.65. The van der Waals surface area contributed by atoms with Crippen LogP contribution in [0.4, 0.5) is 0 Å². The monoisotopic (exact) mass is 916 g/mol. The van der Waals surface area contributed by atoms with Crippen LogP contribution in [0.2, 0.25) is 0 Å². The van der Waals surface area contributed by atoms with E-state index in [1.807, 2.05) is 127 Å². The van der Waals surface area contributed by atoms with Crippen LogP contribution in [-0.2, 0) is 26.5 Å². The smallest absolute Gasteiger partial charge is 0.121 e. The van der Waals surface area contributed by atoms with E-state index in [0.717, 1.165) is 71.3 Å². The number of benzene rings is 7. The zero-order chi connectivity index (χ0) is 41.7. The van der Waals surface area contributed by atoms with Crippen molar-refractivity contribution in [3.05, 3.63) is 205 Å². The second kappa shape index (κ2) is 15.5. The SMILES string of the molecule is [2H]C([2H])([2H])c1ccc(-c2[c-]ccc3c2oc2ccccc23)nc1.[2H]C([2H])(c1ccccc1)c1cc(-c2[c-]cc3oc4ccc5ccccc5c4c3c2)ncc1-c1ccccc1.[Ir]. The van der Waals surface area contributed by atoms with Crippen LogP contribution in [0, 0.1) is 19.0 Å². The van der Waals surface area contributed by atoms with Gasteiger partial charge in [-0.25, -0.2) is 0 Å². The maximum atomic E-state index is 9.18. The van der Waals surface area contributed by atoms with Crippen molar-refractivity contribution in [1.82, 2.24) is 9.97 Å². The van der Waals surface area contributed by atoms with Crippen molar-refractivity contribution < 1.29 is 35.8 Å². The van der Waals surface area contributed by atoms with Crippen LogP contribution >= 0.6 is 0 Å². The molecule has 4 heterocycles. The van der Waals surface area contributed by atoms with Gasteiger partial charge in [0.15, 0.2) is 0 Å². The van der Waals surface area contributed by atoms with Crippen molar-refractivity contribution in [2.45, 2.75) is 13.2 Å². The van der Waals surface area contributed by atoms with Crippen LogP contribution < -0.4 is 0 Å². The molecule has 0 saturated carbocycles. The minimum atomic E-state index is -2.15. The molecule has 0 unspecified atom stereocenters. The number of aryl methyl sites for hydroxylation is 1. The van der Waals surface area contributed by atoms with Crippen LogP contribution in [0.25, 0.3) is 88.3 Å². The van der Waals surface area contributed by atoms with Crippen molar-refractivity contribution in [3.8, 4) is 33.6 Å². The van der Waals surface area contributed by atoms with Crippen molar-refractivity contribution in [3.63, 3.8) is 0 Å². The number of aromatic nitrogens is 2. The molecule has 0 aliphatic carbocycles. The maximum Gasteiger partial charge on any atom is 0.121 e. The van der Waals surface area contributed by atoms with Gasteiger partial charge in [0.05, 0.1) is 11.2 Å². The van der Waals surface area contributed by atoms with Crippen molar-refractivity contribution in [1.29, 1.82) is 0 Å². The van der Waals surface area contributed by atoms with Crippen LogP contribution in [0.3, 0.4) is 0 Å². The summed E-state index contributed by atoms with van der Waals surface area (Å²) in [5.74, 6) is 0. The van der Waals surface area contributed by atoms with E-state index in [9.17, 15) is 2.74 Å². The zero-order valence-electron chi connectivity index (χ0n) is 35.3. The predicted molar refractivity (Wildman–Crippen MR) is 229 cm³/mol. The molecule has 11 aromatic rings. The molecule has 57 heavy (non-hydrogen) atoms. The molecular weight excluding hydrogens is 877 g/mol. The van der Waals surface area contributed by atoms with E-state index in [1.165, 1.54) is 6.20 Å². The Morgan fingerprint density at radius 3 is 2.21 bits per heavy atom. The normalized spacial score (nSPS) is 12.9. The maximum absolute atomic E-state index is 9.18. The van der Waals surface area contributed by atoms with Crippen LogP contribution in [0.5, 0.6) is 0 Å².